The Kier molecular flexibility index (Phi) is 6.46. The van der Waals surface area contributed by atoms with E-state index in [1.165, 1.54) is 22.1 Å². The number of hydrogen-bond acceptors (Lipinski definition) is 2. The van der Waals surface area contributed by atoms with Gasteiger partial charge in [-0.25, -0.2) is 13.1 Å². The molecule has 0 amide bonds. The second-order valence-corrected chi connectivity index (χ2v) is 10.6. The van der Waals surface area contributed by atoms with Crippen LogP contribution in [-0.2, 0) is 16.6 Å². The number of para-hydroxylation sites is 1. The number of aromatic nitrogens is 1. The number of benzene rings is 3. The van der Waals surface area contributed by atoms with E-state index < -0.39 is 10.0 Å². The number of rotatable bonds is 7. The highest BCUT2D eigenvalue weighted by molar-refractivity contribution is 7.89. The van der Waals surface area contributed by atoms with Gasteiger partial charge in [0.05, 0.1) is 4.90 Å². The largest absolute Gasteiger partial charge is 0.345 e. The lowest BCUT2D eigenvalue weighted by Crippen LogP contribution is -2.38. The van der Waals surface area contributed by atoms with Crippen molar-refractivity contribution in [3.05, 3.63) is 89.1 Å². The zero-order valence-corrected chi connectivity index (χ0v) is 20.8. The van der Waals surface area contributed by atoms with Gasteiger partial charge in [-0.15, -0.1) is 0 Å². The van der Waals surface area contributed by atoms with Gasteiger partial charge in [-0.2, -0.15) is 0 Å². The van der Waals surface area contributed by atoms with E-state index >= 15 is 0 Å². The molecule has 0 radical (unpaired) electrons. The van der Waals surface area contributed by atoms with Gasteiger partial charge >= 0.3 is 0 Å². The zero-order valence-electron chi connectivity index (χ0n) is 20.0. The van der Waals surface area contributed by atoms with Crippen molar-refractivity contribution in [2.24, 2.45) is 0 Å². The van der Waals surface area contributed by atoms with Crippen LogP contribution < -0.4 is 4.72 Å². The maximum atomic E-state index is 13.4. The molecule has 1 aromatic heterocycles. The highest BCUT2D eigenvalue weighted by Crippen LogP contribution is 2.33. The van der Waals surface area contributed by atoms with Gasteiger partial charge in [0.25, 0.3) is 0 Å². The smallest absolute Gasteiger partial charge is 0.241 e. The summed E-state index contributed by atoms with van der Waals surface area (Å²) in [4.78, 5) is 0.393. The Morgan fingerprint density at radius 2 is 1.48 bits per heavy atom. The van der Waals surface area contributed by atoms with Crippen LogP contribution in [0.25, 0.3) is 22.0 Å². The van der Waals surface area contributed by atoms with Gasteiger partial charge in [-0.1, -0.05) is 67.1 Å². The van der Waals surface area contributed by atoms with E-state index in [0.29, 0.717) is 17.9 Å². The minimum Gasteiger partial charge on any atom is -0.345 e. The summed E-state index contributed by atoms with van der Waals surface area (Å²) in [7, 11) is -3.64. The average molecular weight is 461 g/mol. The van der Waals surface area contributed by atoms with E-state index in [1.807, 2.05) is 45.9 Å². The molecular formula is C28H32N2O2S. The molecule has 0 saturated heterocycles. The number of nitrogens with zero attached hydrogens (tertiary/aromatic N) is 1. The molecule has 3 aromatic carbocycles. The van der Waals surface area contributed by atoms with Crippen LogP contribution in [0.3, 0.4) is 0 Å². The van der Waals surface area contributed by atoms with Crippen LogP contribution in [0.2, 0.25) is 0 Å². The highest BCUT2D eigenvalue weighted by Gasteiger charge is 2.24. The molecule has 0 unspecified atom stereocenters. The molecule has 172 valence electrons. The lowest BCUT2D eigenvalue weighted by molar-refractivity contribution is 0.491. The minimum absolute atomic E-state index is 0.226. The van der Waals surface area contributed by atoms with E-state index in [1.54, 1.807) is 0 Å². The van der Waals surface area contributed by atoms with Crippen molar-refractivity contribution < 1.29 is 8.42 Å². The summed E-state index contributed by atoms with van der Waals surface area (Å²) in [5.74, 6) is 0. The molecule has 5 heteroatoms. The van der Waals surface area contributed by atoms with Gasteiger partial charge in [0, 0.05) is 35.2 Å². The molecular weight excluding hydrogens is 428 g/mol. The average Bonchev–Trinajstić information content (AvgIpc) is 3.10. The molecule has 0 saturated carbocycles. The number of fused-ring (bicyclic) bond motifs is 1. The fourth-order valence-corrected chi connectivity index (χ4v) is 6.61. The summed E-state index contributed by atoms with van der Waals surface area (Å²) in [6.07, 6.45) is 2.85. The third kappa shape index (κ3) is 4.61. The Labute approximate surface area is 197 Å². The molecule has 1 heterocycles. The number of aryl methyl sites for hydroxylation is 4. The summed E-state index contributed by atoms with van der Waals surface area (Å²) in [5.41, 5.74) is 7.33. The first-order chi connectivity index (χ1) is 15.7. The van der Waals surface area contributed by atoms with E-state index in [4.69, 9.17) is 0 Å². The van der Waals surface area contributed by atoms with Crippen molar-refractivity contribution >= 4 is 20.9 Å². The van der Waals surface area contributed by atoms with E-state index in [0.717, 1.165) is 22.2 Å². The normalized spacial score (nSPS) is 12.9. The van der Waals surface area contributed by atoms with Crippen LogP contribution in [-0.4, -0.2) is 19.0 Å². The molecule has 4 aromatic rings. The Hall–Kier alpha value is -2.89. The molecule has 0 aliphatic carbocycles. The SMILES string of the molecule is CC[C@@H](Cn1cc(-c2ccccc2C)c2ccccc21)NS(=O)(=O)c1c(C)cc(C)cc1C. The van der Waals surface area contributed by atoms with Crippen LogP contribution >= 0.6 is 0 Å². The fourth-order valence-electron chi connectivity index (χ4n) is 4.84. The molecule has 0 fully saturated rings. The predicted octanol–water partition coefficient (Wildman–Crippen LogP) is 6.30. The van der Waals surface area contributed by atoms with Gasteiger partial charge in [0.2, 0.25) is 10.0 Å². The van der Waals surface area contributed by atoms with Crippen molar-refractivity contribution in [3.63, 3.8) is 0 Å². The highest BCUT2D eigenvalue weighted by atomic mass is 32.2. The molecule has 1 N–H and O–H groups in total. The Morgan fingerprint density at radius 1 is 0.848 bits per heavy atom. The van der Waals surface area contributed by atoms with Gasteiger partial charge in [0.1, 0.15) is 0 Å². The third-order valence-corrected chi connectivity index (χ3v) is 8.15. The maximum absolute atomic E-state index is 13.4. The van der Waals surface area contributed by atoms with Crippen molar-refractivity contribution in [2.45, 2.75) is 58.5 Å². The third-order valence-electron chi connectivity index (χ3n) is 6.33. The molecule has 4 rings (SSSR count). The van der Waals surface area contributed by atoms with E-state index in [-0.39, 0.29) is 6.04 Å². The first-order valence-electron chi connectivity index (χ1n) is 11.4. The Balaban J connectivity index is 1.70. The van der Waals surface area contributed by atoms with E-state index in [9.17, 15) is 8.42 Å². The lowest BCUT2D eigenvalue weighted by Gasteiger charge is -2.20. The molecule has 0 aliphatic rings. The first kappa shape index (κ1) is 23.3. The number of hydrogen-bond donors (Lipinski definition) is 1. The molecule has 0 spiro atoms. The van der Waals surface area contributed by atoms with Gasteiger partial charge in [-0.3, -0.25) is 0 Å². The van der Waals surface area contributed by atoms with Crippen LogP contribution in [0.1, 0.15) is 35.6 Å². The summed E-state index contributed by atoms with van der Waals surface area (Å²) in [5, 5.41) is 1.18. The standard InChI is InChI=1S/C28H32N2O2S/c1-6-23(29-33(31,32)28-21(4)15-19(2)16-22(28)5)17-30-18-26(24-12-8-7-11-20(24)3)25-13-9-10-14-27(25)30/h7-16,18,23,29H,6,17H2,1-5H3/t23-/m0/s1. The molecule has 0 aliphatic heterocycles. The zero-order chi connectivity index (χ0) is 23.8. The molecule has 33 heavy (non-hydrogen) atoms. The Bertz CT molecular complexity index is 1390. The van der Waals surface area contributed by atoms with Crippen LogP contribution in [0.4, 0.5) is 0 Å². The topological polar surface area (TPSA) is 51.1 Å². The summed E-state index contributed by atoms with van der Waals surface area (Å²) in [6, 6.07) is 20.3. The predicted molar refractivity (Wildman–Crippen MR) is 137 cm³/mol. The van der Waals surface area contributed by atoms with Crippen molar-refractivity contribution in [3.8, 4) is 11.1 Å². The minimum atomic E-state index is -3.64. The molecule has 4 nitrogen and oxygen atoms in total. The summed E-state index contributed by atoms with van der Waals surface area (Å²) >= 11 is 0. The lowest BCUT2D eigenvalue weighted by atomic mass is 10.0. The van der Waals surface area contributed by atoms with Crippen molar-refractivity contribution in [1.29, 1.82) is 0 Å². The van der Waals surface area contributed by atoms with Crippen molar-refractivity contribution in [2.75, 3.05) is 0 Å². The van der Waals surface area contributed by atoms with Gasteiger partial charge in [-0.05, 0) is 62.4 Å². The van der Waals surface area contributed by atoms with Crippen molar-refractivity contribution in [1.82, 2.24) is 9.29 Å². The Morgan fingerprint density at radius 3 is 2.15 bits per heavy atom. The van der Waals surface area contributed by atoms with Gasteiger partial charge in [0.15, 0.2) is 0 Å². The maximum Gasteiger partial charge on any atom is 0.241 e. The monoisotopic (exact) mass is 460 g/mol. The quantitative estimate of drug-likeness (QED) is 0.352. The summed E-state index contributed by atoms with van der Waals surface area (Å²) in [6.45, 7) is 10.4. The van der Waals surface area contributed by atoms with E-state index in [2.05, 4.69) is 64.9 Å². The fraction of sp³-hybridized carbons (Fsp3) is 0.286. The second kappa shape index (κ2) is 9.16. The summed E-state index contributed by atoms with van der Waals surface area (Å²) < 4.78 is 31.9. The number of nitrogens with one attached hydrogen (secondary N) is 1. The first-order valence-corrected chi connectivity index (χ1v) is 12.9. The van der Waals surface area contributed by atoms with Gasteiger partial charge < -0.3 is 4.57 Å². The number of sulfonamides is 1. The molecule has 1 atom stereocenters. The molecule has 0 bridgehead atoms. The van der Waals surface area contributed by atoms with Crippen LogP contribution in [0.5, 0.6) is 0 Å². The second-order valence-electron chi connectivity index (χ2n) is 8.98. The van der Waals surface area contributed by atoms with Crippen LogP contribution in [0.15, 0.2) is 71.8 Å². The van der Waals surface area contributed by atoms with Crippen LogP contribution in [0, 0.1) is 27.7 Å².